The first kappa shape index (κ1) is 11.3. The summed E-state index contributed by atoms with van der Waals surface area (Å²) >= 11 is 1.94. The first-order valence-electron chi connectivity index (χ1n) is 5.66. The second kappa shape index (κ2) is 4.74. The number of esters is 1. The zero-order valence-electron chi connectivity index (χ0n) is 9.36. The molecule has 2 fully saturated rings. The summed E-state index contributed by atoms with van der Waals surface area (Å²) in [5.74, 6) is 1.59. The lowest BCUT2D eigenvalue weighted by atomic mass is 9.86. The van der Waals surface area contributed by atoms with Crippen LogP contribution in [0.3, 0.4) is 0 Å². The van der Waals surface area contributed by atoms with E-state index in [-0.39, 0.29) is 12.0 Å². The highest BCUT2D eigenvalue weighted by Gasteiger charge is 2.37. The highest BCUT2D eigenvalue weighted by atomic mass is 32.2. The van der Waals surface area contributed by atoms with Gasteiger partial charge in [-0.05, 0) is 25.2 Å². The van der Waals surface area contributed by atoms with Crippen LogP contribution in [0.2, 0.25) is 0 Å². The summed E-state index contributed by atoms with van der Waals surface area (Å²) in [7, 11) is 1.46. The highest BCUT2D eigenvalue weighted by molar-refractivity contribution is 8.00. The van der Waals surface area contributed by atoms with E-state index in [4.69, 9.17) is 4.74 Å². The Labute approximate surface area is 95.3 Å². The molecule has 0 aromatic heterocycles. The molecule has 0 aromatic rings. The maximum absolute atomic E-state index is 11.4. The predicted octanol–water partition coefficient (Wildman–Crippen LogP) is 1.42. The van der Waals surface area contributed by atoms with Gasteiger partial charge in [-0.1, -0.05) is 6.92 Å². The van der Waals surface area contributed by atoms with Crippen molar-refractivity contribution in [3.05, 3.63) is 0 Å². The van der Waals surface area contributed by atoms with E-state index < -0.39 is 0 Å². The zero-order valence-corrected chi connectivity index (χ0v) is 10.2. The van der Waals surface area contributed by atoms with Crippen LogP contribution < -0.4 is 5.32 Å². The van der Waals surface area contributed by atoms with Gasteiger partial charge >= 0.3 is 5.97 Å². The third-order valence-corrected chi connectivity index (χ3v) is 4.91. The van der Waals surface area contributed by atoms with E-state index in [9.17, 15) is 4.79 Å². The summed E-state index contributed by atoms with van der Waals surface area (Å²) in [6.07, 6.45) is 3.77. The maximum atomic E-state index is 11.4. The second-order valence-corrected chi connectivity index (χ2v) is 5.91. The van der Waals surface area contributed by atoms with E-state index in [1.165, 1.54) is 26.4 Å². The molecule has 4 atom stereocenters. The molecule has 1 aliphatic heterocycles. The Hall–Kier alpha value is -0.220. The number of methoxy groups -OCH3 is 1. The molecule has 2 rings (SSSR count). The predicted molar refractivity (Wildman–Crippen MR) is 62.0 cm³/mol. The average Bonchev–Trinajstić information content (AvgIpc) is 2.27. The summed E-state index contributed by atoms with van der Waals surface area (Å²) in [6.45, 7) is 2.32. The lowest BCUT2D eigenvalue weighted by molar-refractivity contribution is -0.142. The number of hydrogen-bond acceptors (Lipinski definition) is 4. The van der Waals surface area contributed by atoms with E-state index in [0.717, 1.165) is 11.7 Å². The van der Waals surface area contributed by atoms with Gasteiger partial charge in [0.1, 0.15) is 6.04 Å². The summed E-state index contributed by atoms with van der Waals surface area (Å²) in [5.41, 5.74) is 0. The van der Waals surface area contributed by atoms with Crippen molar-refractivity contribution in [1.29, 1.82) is 0 Å². The van der Waals surface area contributed by atoms with Crippen molar-refractivity contribution in [3.63, 3.8) is 0 Å². The van der Waals surface area contributed by atoms with Crippen molar-refractivity contribution in [2.75, 3.05) is 12.9 Å². The Morgan fingerprint density at radius 3 is 3.00 bits per heavy atom. The molecule has 0 spiro atoms. The van der Waals surface area contributed by atoms with Gasteiger partial charge in [0.2, 0.25) is 0 Å². The fourth-order valence-electron chi connectivity index (χ4n) is 2.51. The Bertz CT molecular complexity index is 247. The standard InChI is InChI=1S/C11H19NO2S/c1-7-3-4-8-10(5-7)15-6-9(12-8)11(13)14-2/h7-10,12H,3-6H2,1-2H3. The van der Waals surface area contributed by atoms with Crippen LogP contribution in [0.5, 0.6) is 0 Å². The number of carbonyl (C=O) groups is 1. The Morgan fingerprint density at radius 1 is 1.47 bits per heavy atom. The molecule has 4 unspecified atom stereocenters. The van der Waals surface area contributed by atoms with Crippen LogP contribution in [-0.4, -0.2) is 36.2 Å². The quantitative estimate of drug-likeness (QED) is 0.690. The van der Waals surface area contributed by atoms with Gasteiger partial charge in [-0.15, -0.1) is 0 Å². The number of hydrogen-bond donors (Lipinski definition) is 1. The molecule has 0 amide bonds. The van der Waals surface area contributed by atoms with Crippen molar-refractivity contribution < 1.29 is 9.53 Å². The molecule has 0 bridgehead atoms. The molecule has 1 saturated heterocycles. The van der Waals surface area contributed by atoms with E-state index in [1.807, 2.05) is 11.8 Å². The summed E-state index contributed by atoms with van der Waals surface area (Å²) in [5, 5.41) is 4.13. The molecule has 1 N–H and O–H groups in total. The van der Waals surface area contributed by atoms with Crippen LogP contribution in [0.25, 0.3) is 0 Å². The summed E-state index contributed by atoms with van der Waals surface area (Å²) < 4.78 is 4.78. The minimum Gasteiger partial charge on any atom is -0.468 e. The molecule has 1 aliphatic carbocycles. The van der Waals surface area contributed by atoms with E-state index in [0.29, 0.717) is 11.3 Å². The number of carbonyl (C=O) groups excluding carboxylic acids is 1. The van der Waals surface area contributed by atoms with Crippen LogP contribution in [0, 0.1) is 5.92 Å². The monoisotopic (exact) mass is 229 g/mol. The largest absolute Gasteiger partial charge is 0.468 e. The minimum absolute atomic E-state index is 0.0883. The third-order valence-electron chi connectivity index (χ3n) is 3.43. The van der Waals surface area contributed by atoms with E-state index in [2.05, 4.69) is 12.2 Å². The van der Waals surface area contributed by atoms with Crippen molar-refractivity contribution in [3.8, 4) is 0 Å². The zero-order chi connectivity index (χ0) is 10.8. The van der Waals surface area contributed by atoms with Crippen molar-refractivity contribution in [2.24, 2.45) is 5.92 Å². The van der Waals surface area contributed by atoms with Crippen LogP contribution in [0.4, 0.5) is 0 Å². The smallest absolute Gasteiger partial charge is 0.323 e. The lowest BCUT2D eigenvalue weighted by Crippen LogP contribution is -2.55. The normalized spacial score (nSPS) is 40.7. The van der Waals surface area contributed by atoms with Crippen molar-refractivity contribution in [2.45, 2.75) is 43.5 Å². The van der Waals surface area contributed by atoms with Gasteiger partial charge in [-0.25, -0.2) is 0 Å². The van der Waals surface area contributed by atoms with E-state index in [1.54, 1.807) is 0 Å². The van der Waals surface area contributed by atoms with Crippen molar-refractivity contribution in [1.82, 2.24) is 5.32 Å². The van der Waals surface area contributed by atoms with Crippen LogP contribution in [0.15, 0.2) is 0 Å². The van der Waals surface area contributed by atoms with Gasteiger partial charge < -0.3 is 4.74 Å². The first-order valence-corrected chi connectivity index (χ1v) is 6.71. The molecule has 86 valence electrons. The number of fused-ring (bicyclic) bond motifs is 1. The molecule has 0 radical (unpaired) electrons. The molecule has 1 saturated carbocycles. The molecule has 1 heterocycles. The molecule has 4 heteroatoms. The molecule has 15 heavy (non-hydrogen) atoms. The molecular weight excluding hydrogens is 210 g/mol. The summed E-state index contributed by atoms with van der Waals surface area (Å²) in [6, 6.07) is 0.429. The molecule has 0 aromatic carbocycles. The molecule has 3 nitrogen and oxygen atoms in total. The Balaban J connectivity index is 1.92. The summed E-state index contributed by atoms with van der Waals surface area (Å²) in [4.78, 5) is 11.4. The van der Waals surface area contributed by atoms with Gasteiger partial charge in [0.15, 0.2) is 0 Å². The van der Waals surface area contributed by atoms with Crippen LogP contribution in [0.1, 0.15) is 26.2 Å². The van der Waals surface area contributed by atoms with Crippen LogP contribution in [-0.2, 0) is 9.53 Å². The maximum Gasteiger partial charge on any atom is 0.323 e. The van der Waals surface area contributed by atoms with Gasteiger partial charge in [-0.3, -0.25) is 10.1 Å². The first-order chi connectivity index (χ1) is 7.20. The van der Waals surface area contributed by atoms with Gasteiger partial charge in [-0.2, -0.15) is 11.8 Å². The minimum atomic E-state index is -0.112. The number of rotatable bonds is 1. The number of ether oxygens (including phenoxy) is 1. The number of nitrogens with one attached hydrogen (secondary N) is 1. The average molecular weight is 229 g/mol. The molecule has 2 aliphatic rings. The fourth-order valence-corrected chi connectivity index (χ4v) is 4.09. The van der Waals surface area contributed by atoms with Crippen molar-refractivity contribution >= 4 is 17.7 Å². The third kappa shape index (κ3) is 2.48. The SMILES string of the molecule is COC(=O)C1CSC2CC(C)CCC2N1. The van der Waals surface area contributed by atoms with Gasteiger partial charge in [0.05, 0.1) is 7.11 Å². The topological polar surface area (TPSA) is 38.3 Å². The molecular formula is C11H19NO2S. The highest BCUT2D eigenvalue weighted by Crippen LogP contribution is 2.35. The van der Waals surface area contributed by atoms with Crippen LogP contribution >= 0.6 is 11.8 Å². The lowest BCUT2D eigenvalue weighted by Gasteiger charge is -2.41. The Kier molecular flexibility index (Phi) is 3.57. The van der Waals surface area contributed by atoms with Gasteiger partial charge in [0, 0.05) is 17.0 Å². The number of thioether (sulfide) groups is 1. The second-order valence-electron chi connectivity index (χ2n) is 4.64. The van der Waals surface area contributed by atoms with E-state index >= 15 is 0 Å². The fraction of sp³-hybridized carbons (Fsp3) is 0.909. The van der Waals surface area contributed by atoms with Gasteiger partial charge in [0.25, 0.3) is 0 Å². The Morgan fingerprint density at radius 2 is 2.27 bits per heavy atom.